The van der Waals surface area contributed by atoms with Crippen LogP contribution >= 0.6 is 0 Å². The van der Waals surface area contributed by atoms with Gasteiger partial charge in [0.15, 0.2) is 0 Å². The Morgan fingerprint density at radius 2 is 2.20 bits per heavy atom. The largest absolute Gasteiger partial charge is 0.351 e. The van der Waals surface area contributed by atoms with E-state index in [0.29, 0.717) is 12.1 Å². The number of hydrazine groups is 2. The molecule has 0 saturated carbocycles. The third-order valence-corrected chi connectivity index (χ3v) is 3.26. The lowest BCUT2D eigenvalue weighted by Crippen LogP contribution is -2.56. The average Bonchev–Trinajstić information content (AvgIpc) is 2.99. The number of rotatable bonds is 2. The van der Waals surface area contributed by atoms with Gasteiger partial charge >= 0.3 is 5.97 Å². The van der Waals surface area contributed by atoms with Gasteiger partial charge in [-0.25, -0.2) is 4.79 Å². The van der Waals surface area contributed by atoms with Crippen LogP contribution in [0.4, 0.5) is 5.69 Å². The summed E-state index contributed by atoms with van der Waals surface area (Å²) in [6.07, 6.45) is 1.62. The molecular formula is C12H14N4O4. The standard InChI is InChI=1S/C12H14N4O4/c17-11-8-4-1-2-6-10(8)16(14-15(11)19)20-12(18)9-5-3-7-13-9/h1-2,4,6,9,13-14,19H,3,5,7H2/t9-/m0/s1. The lowest BCUT2D eigenvalue weighted by Gasteiger charge is -2.33. The molecule has 8 heteroatoms. The van der Waals surface area contributed by atoms with E-state index in [-0.39, 0.29) is 16.8 Å². The number of hydroxylamine groups is 1. The molecule has 3 rings (SSSR count). The van der Waals surface area contributed by atoms with Crippen LogP contribution in [-0.2, 0) is 9.63 Å². The Bertz CT molecular complexity index is 544. The van der Waals surface area contributed by atoms with Gasteiger partial charge in [0, 0.05) is 0 Å². The molecule has 1 amide bonds. The third kappa shape index (κ3) is 2.20. The normalized spacial score (nSPS) is 21.9. The van der Waals surface area contributed by atoms with Crippen molar-refractivity contribution in [3.8, 4) is 0 Å². The van der Waals surface area contributed by atoms with Gasteiger partial charge in [-0.1, -0.05) is 17.7 Å². The minimum absolute atomic E-state index is 0.237. The zero-order valence-electron chi connectivity index (χ0n) is 10.6. The van der Waals surface area contributed by atoms with E-state index < -0.39 is 11.9 Å². The molecule has 1 atom stereocenters. The SMILES string of the molecule is O=C(ON1NN(O)C(=O)c2ccccc21)[C@@H]1CCCN1. The maximum absolute atomic E-state index is 12.0. The van der Waals surface area contributed by atoms with Gasteiger partial charge in [0.1, 0.15) is 11.7 Å². The second kappa shape index (κ2) is 5.08. The van der Waals surface area contributed by atoms with E-state index in [1.54, 1.807) is 18.2 Å². The van der Waals surface area contributed by atoms with Crippen LogP contribution in [0.5, 0.6) is 0 Å². The van der Waals surface area contributed by atoms with Crippen LogP contribution < -0.4 is 16.0 Å². The molecule has 1 saturated heterocycles. The first-order valence-corrected chi connectivity index (χ1v) is 6.31. The molecule has 0 radical (unpaired) electrons. The zero-order valence-corrected chi connectivity index (χ0v) is 10.6. The van der Waals surface area contributed by atoms with Crippen LogP contribution in [0.15, 0.2) is 24.3 Å². The summed E-state index contributed by atoms with van der Waals surface area (Å²) in [7, 11) is 0. The summed E-state index contributed by atoms with van der Waals surface area (Å²) in [6, 6.07) is 6.15. The molecule has 8 nitrogen and oxygen atoms in total. The number of benzene rings is 1. The van der Waals surface area contributed by atoms with Crippen molar-refractivity contribution in [3.63, 3.8) is 0 Å². The molecule has 0 bridgehead atoms. The number of nitrogens with one attached hydrogen (secondary N) is 2. The number of amides is 1. The third-order valence-electron chi connectivity index (χ3n) is 3.26. The first kappa shape index (κ1) is 12.9. The lowest BCUT2D eigenvalue weighted by molar-refractivity contribution is -0.163. The molecule has 2 aliphatic heterocycles. The summed E-state index contributed by atoms with van der Waals surface area (Å²) in [5.74, 6) is -1.08. The van der Waals surface area contributed by atoms with Gasteiger partial charge in [0.05, 0.1) is 5.56 Å². The van der Waals surface area contributed by atoms with Gasteiger partial charge in [-0.05, 0) is 31.5 Å². The molecule has 0 aliphatic carbocycles. The number of nitrogens with zero attached hydrogens (tertiary/aromatic N) is 2. The first-order valence-electron chi connectivity index (χ1n) is 6.31. The van der Waals surface area contributed by atoms with Crippen LogP contribution in [0.1, 0.15) is 23.2 Å². The smallest absolute Gasteiger partial charge is 0.322 e. The summed E-state index contributed by atoms with van der Waals surface area (Å²) in [6.45, 7) is 0.772. The van der Waals surface area contributed by atoms with E-state index in [0.717, 1.165) is 18.1 Å². The Labute approximate surface area is 114 Å². The topological polar surface area (TPSA) is 94.1 Å². The van der Waals surface area contributed by atoms with Crippen molar-refractivity contribution in [1.29, 1.82) is 0 Å². The zero-order chi connectivity index (χ0) is 14.1. The van der Waals surface area contributed by atoms with Crippen molar-refractivity contribution in [1.82, 2.24) is 16.0 Å². The van der Waals surface area contributed by atoms with Gasteiger partial charge in [-0.15, -0.1) is 10.3 Å². The minimum atomic E-state index is -0.619. The number of carbonyl (C=O) groups excluding carboxylic acids is 2. The van der Waals surface area contributed by atoms with Gasteiger partial charge in [-0.3, -0.25) is 10.0 Å². The van der Waals surface area contributed by atoms with Crippen LogP contribution in [0.25, 0.3) is 0 Å². The van der Waals surface area contributed by atoms with Crippen molar-refractivity contribution in [2.45, 2.75) is 18.9 Å². The van der Waals surface area contributed by atoms with Crippen LogP contribution in [0.3, 0.4) is 0 Å². The van der Waals surface area contributed by atoms with E-state index in [2.05, 4.69) is 10.9 Å². The van der Waals surface area contributed by atoms with E-state index >= 15 is 0 Å². The Kier molecular flexibility index (Phi) is 3.26. The molecule has 1 fully saturated rings. The Hall–Kier alpha value is -2.16. The second-order valence-corrected chi connectivity index (χ2v) is 4.59. The molecule has 20 heavy (non-hydrogen) atoms. The first-order chi connectivity index (χ1) is 9.66. The number of anilines is 1. The fourth-order valence-corrected chi connectivity index (χ4v) is 2.24. The summed E-state index contributed by atoms with van der Waals surface area (Å²) < 4.78 is 0. The van der Waals surface area contributed by atoms with Crippen molar-refractivity contribution in [2.75, 3.05) is 11.7 Å². The predicted molar refractivity (Wildman–Crippen MR) is 67.1 cm³/mol. The Morgan fingerprint density at radius 3 is 2.95 bits per heavy atom. The molecule has 0 aromatic heterocycles. The number of hydrogen-bond acceptors (Lipinski definition) is 7. The molecule has 1 aromatic carbocycles. The predicted octanol–water partition coefficient (Wildman–Crippen LogP) is -0.0322. The number of fused-ring (bicyclic) bond motifs is 1. The summed E-state index contributed by atoms with van der Waals surface area (Å²) >= 11 is 0. The van der Waals surface area contributed by atoms with E-state index in [9.17, 15) is 14.8 Å². The highest BCUT2D eigenvalue weighted by molar-refractivity contribution is 6.00. The maximum Gasteiger partial charge on any atom is 0.351 e. The molecular weight excluding hydrogens is 264 g/mol. The fraction of sp³-hybridized carbons (Fsp3) is 0.333. The maximum atomic E-state index is 12.0. The number of hydrogen-bond donors (Lipinski definition) is 3. The summed E-state index contributed by atoms with van der Waals surface area (Å²) in [5, 5.41) is 13.8. The monoisotopic (exact) mass is 278 g/mol. The van der Waals surface area contributed by atoms with Gasteiger partial charge in [0.25, 0.3) is 5.91 Å². The van der Waals surface area contributed by atoms with Gasteiger partial charge in [0.2, 0.25) is 0 Å². The van der Waals surface area contributed by atoms with Gasteiger partial charge < -0.3 is 10.2 Å². The Balaban J connectivity index is 1.81. The van der Waals surface area contributed by atoms with E-state index in [1.165, 1.54) is 6.07 Å². The number of carbonyl (C=O) groups is 2. The molecule has 0 unspecified atom stereocenters. The van der Waals surface area contributed by atoms with E-state index in [4.69, 9.17) is 4.84 Å². The molecule has 1 aromatic rings. The van der Waals surface area contributed by atoms with Crippen molar-refractivity contribution < 1.29 is 19.6 Å². The quantitative estimate of drug-likeness (QED) is 0.654. The lowest BCUT2D eigenvalue weighted by atomic mass is 10.1. The molecule has 0 spiro atoms. The van der Waals surface area contributed by atoms with Crippen molar-refractivity contribution in [3.05, 3.63) is 29.8 Å². The second-order valence-electron chi connectivity index (χ2n) is 4.59. The van der Waals surface area contributed by atoms with Crippen LogP contribution in [-0.4, -0.2) is 34.8 Å². The van der Waals surface area contributed by atoms with Crippen molar-refractivity contribution in [2.24, 2.45) is 0 Å². The molecule has 106 valence electrons. The average molecular weight is 278 g/mol. The Morgan fingerprint density at radius 1 is 1.40 bits per heavy atom. The van der Waals surface area contributed by atoms with E-state index in [1.807, 2.05) is 0 Å². The highest BCUT2D eigenvalue weighted by atomic mass is 16.8. The highest BCUT2D eigenvalue weighted by Gasteiger charge is 2.33. The van der Waals surface area contributed by atoms with Crippen LogP contribution in [0.2, 0.25) is 0 Å². The van der Waals surface area contributed by atoms with Crippen LogP contribution in [0, 0.1) is 0 Å². The molecule has 2 aliphatic rings. The minimum Gasteiger partial charge on any atom is -0.322 e. The summed E-state index contributed by atoms with van der Waals surface area (Å²) in [5.41, 5.74) is 2.89. The molecule has 2 heterocycles. The summed E-state index contributed by atoms with van der Waals surface area (Å²) in [4.78, 5) is 28.9. The van der Waals surface area contributed by atoms with Gasteiger partial charge in [-0.2, -0.15) is 0 Å². The fourth-order valence-electron chi connectivity index (χ4n) is 2.24. The van der Waals surface area contributed by atoms with Crippen molar-refractivity contribution >= 4 is 17.6 Å². The number of para-hydroxylation sites is 1. The molecule has 3 N–H and O–H groups in total. The highest BCUT2D eigenvalue weighted by Crippen LogP contribution is 2.24.